The van der Waals surface area contributed by atoms with Crippen molar-refractivity contribution in [2.24, 2.45) is 0 Å². The molecule has 0 aliphatic rings. The molecule has 0 atom stereocenters. The summed E-state index contributed by atoms with van der Waals surface area (Å²) in [7, 11) is 0. The Kier molecular flexibility index (Phi) is 3.66. The van der Waals surface area contributed by atoms with Gasteiger partial charge in [0.05, 0.1) is 0 Å². The van der Waals surface area contributed by atoms with Crippen LogP contribution in [0.15, 0.2) is 16.6 Å². The third kappa shape index (κ3) is 2.81. The van der Waals surface area contributed by atoms with Gasteiger partial charge in [-0.3, -0.25) is 0 Å². The average Bonchev–Trinajstić information content (AvgIpc) is 2.29. The molecule has 0 saturated carbocycles. The van der Waals surface area contributed by atoms with E-state index in [1.807, 2.05) is 0 Å². The van der Waals surface area contributed by atoms with E-state index in [4.69, 9.17) is 5.73 Å². The molecule has 19 heavy (non-hydrogen) atoms. The molecular formula is C12H11BrF2N4. The Bertz CT molecular complexity index is 623. The average molecular weight is 329 g/mol. The first-order chi connectivity index (χ1) is 8.88. The Labute approximate surface area is 117 Å². The molecule has 0 radical (unpaired) electrons. The molecule has 0 fully saturated rings. The Morgan fingerprint density at radius 1 is 1.16 bits per heavy atom. The number of hydrogen-bond acceptors (Lipinski definition) is 4. The van der Waals surface area contributed by atoms with Crippen molar-refractivity contribution < 1.29 is 8.78 Å². The minimum absolute atomic E-state index is 0.271. The number of benzene rings is 1. The highest BCUT2D eigenvalue weighted by Crippen LogP contribution is 2.28. The van der Waals surface area contributed by atoms with Gasteiger partial charge in [0.15, 0.2) is 11.6 Å². The molecule has 3 N–H and O–H groups in total. The van der Waals surface area contributed by atoms with Gasteiger partial charge < -0.3 is 11.1 Å². The molecule has 2 aromatic rings. The molecule has 4 nitrogen and oxygen atoms in total. The van der Waals surface area contributed by atoms with E-state index >= 15 is 0 Å². The quantitative estimate of drug-likeness (QED) is 0.886. The summed E-state index contributed by atoms with van der Waals surface area (Å²) >= 11 is 3.02. The van der Waals surface area contributed by atoms with Crippen molar-refractivity contribution in [1.82, 2.24) is 9.97 Å². The summed E-state index contributed by atoms with van der Waals surface area (Å²) in [6.45, 7) is 3.32. The first-order valence-corrected chi connectivity index (χ1v) is 6.20. The molecule has 0 saturated heterocycles. The minimum atomic E-state index is -0.721. The van der Waals surface area contributed by atoms with Gasteiger partial charge in [-0.2, -0.15) is 0 Å². The molecule has 0 aliphatic carbocycles. The van der Waals surface area contributed by atoms with Gasteiger partial charge in [-0.25, -0.2) is 18.7 Å². The van der Waals surface area contributed by atoms with Crippen molar-refractivity contribution in [3.63, 3.8) is 0 Å². The molecule has 0 unspecified atom stereocenters. The third-order valence-corrected chi connectivity index (χ3v) is 3.00. The maximum atomic E-state index is 13.7. The van der Waals surface area contributed by atoms with Crippen LogP contribution < -0.4 is 11.1 Å². The number of nitrogens with two attached hydrogens (primary N) is 1. The topological polar surface area (TPSA) is 63.8 Å². The minimum Gasteiger partial charge on any atom is -0.383 e. The van der Waals surface area contributed by atoms with Gasteiger partial charge in [0, 0.05) is 10.0 Å². The van der Waals surface area contributed by atoms with Crippen LogP contribution in [-0.2, 0) is 0 Å². The number of aryl methyl sites for hydroxylation is 1. The summed E-state index contributed by atoms with van der Waals surface area (Å²) in [5, 5.41) is 2.62. The fourth-order valence-corrected chi connectivity index (χ4v) is 1.95. The summed E-state index contributed by atoms with van der Waals surface area (Å²) in [6.07, 6.45) is 0. The molecule has 1 aromatic heterocycles. The monoisotopic (exact) mass is 328 g/mol. The highest BCUT2D eigenvalue weighted by atomic mass is 79.9. The van der Waals surface area contributed by atoms with E-state index in [2.05, 4.69) is 31.2 Å². The van der Waals surface area contributed by atoms with Crippen LogP contribution in [0.25, 0.3) is 0 Å². The van der Waals surface area contributed by atoms with E-state index in [0.717, 1.165) is 12.1 Å². The second-order valence-electron chi connectivity index (χ2n) is 4.00. The Morgan fingerprint density at radius 3 is 2.32 bits per heavy atom. The van der Waals surface area contributed by atoms with Crippen molar-refractivity contribution in [1.29, 1.82) is 0 Å². The van der Waals surface area contributed by atoms with Crippen molar-refractivity contribution in [3.8, 4) is 0 Å². The van der Waals surface area contributed by atoms with Gasteiger partial charge in [0.2, 0.25) is 0 Å². The van der Waals surface area contributed by atoms with Crippen LogP contribution in [0.5, 0.6) is 0 Å². The fraction of sp³-hybridized carbons (Fsp3) is 0.167. The van der Waals surface area contributed by atoms with Gasteiger partial charge in [-0.15, -0.1) is 0 Å². The standard InChI is InChI=1S/C12H11BrF2N4/c1-5-11(16)17-6(2)18-12(5)19-10-8(14)3-7(13)4-9(10)15/h3-4H,1-2H3,(H3,16,17,18,19). The van der Waals surface area contributed by atoms with Crippen LogP contribution in [0, 0.1) is 25.5 Å². The maximum Gasteiger partial charge on any atom is 0.150 e. The molecule has 0 spiro atoms. The zero-order valence-corrected chi connectivity index (χ0v) is 11.8. The summed E-state index contributed by atoms with van der Waals surface area (Å²) in [5.41, 5.74) is 5.95. The largest absolute Gasteiger partial charge is 0.383 e. The predicted molar refractivity (Wildman–Crippen MR) is 73.3 cm³/mol. The molecule has 1 heterocycles. The van der Waals surface area contributed by atoms with E-state index in [0.29, 0.717) is 15.9 Å². The number of hydrogen-bond donors (Lipinski definition) is 2. The zero-order valence-electron chi connectivity index (χ0n) is 10.3. The van der Waals surface area contributed by atoms with Crippen LogP contribution in [-0.4, -0.2) is 9.97 Å². The first-order valence-electron chi connectivity index (χ1n) is 5.40. The van der Waals surface area contributed by atoms with Crippen molar-refractivity contribution in [2.45, 2.75) is 13.8 Å². The molecule has 0 amide bonds. The van der Waals surface area contributed by atoms with Crippen LogP contribution in [0.4, 0.5) is 26.1 Å². The second kappa shape index (κ2) is 5.08. The van der Waals surface area contributed by atoms with Gasteiger partial charge in [0.1, 0.15) is 23.1 Å². The van der Waals surface area contributed by atoms with Gasteiger partial charge >= 0.3 is 0 Å². The lowest BCUT2D eigenvalue weighted by molar-refractivity contribution is 0.589. The number of rotatable bonds is 2. The summed E-state index contributed by atoms with van der Waals surface area (Å²) in [6, 6.07) is 2.33. The smallest absolute Gasteiger partial charge is 0.150 e. The van der Waals surface area contributed by atoms with E-state index in [9.17, 15) is 8.78 Å². The normalized spacial score (nSPS) is 10.6. The van der Waals surface area contributed by atoms with Crippen LogP contribution in [0.3, 0.4) is 0 Å². The highest BCUT2D eigenvalue weighted by molar-refractivity contribution is 9.10. The van der Waals surface area contributed by atoms with Gasteiger partial charge in [-0.1, -0.05) is 15.9 Å². The maximum absolute atomic E-state index is 13.7. The lowest BCUT2D eigenvalue weighted by Crippen LogP contribution is -2.06. The molecule has 1 aromatic carbocycles. The lowest BCUT2D eigenvalue weighted by Gasteiger charge is -2.12. The predicted octanol–water partition coefficient (Wildman–Crippen LogP) is 3.46. The van der Waals surface area contributed by atoms with Crippen LogP contribution in [0.1, 0.15) is 11.4 Å². The first kappa shape index (κ1) is 13.7. The molecule has 7 heteroatoms. The van der Waals surface area contributed by atoms with Crippen LogP contribution >= 0.6 is 15.9 Å². The van der Waals surface area contributed by atoms with E-state index < -0.39 is 11.6 Å². The fourth-order valence-electron chi connectivity index (χ4n) is 1.55. The highest BCUT2D eigenvalue weighted by Gasteiger charge is 2.14. The molecule has 0 aliphatic heterocycles. The molecule has 100 valence electrons. The lowest BCUT2D eigenvalue weighted by atomic mass is 10.2. The molecule has 2 rings (SSSR count). The second-order valence-corrected chi connectivity index (χ2v) is 4.91. The van der Waals surface area contributed by atoms with E-state index in [-0.39, 0.29) is 17.3 Å². The van der Waals surface area contributed by atoms with Crippen molar-refractivity contribution in [2.75, 3.05) is 11.1 Å². The van der Waals surface area contributed by atoms with Gasteiger partial charge in [-0.05, 0) is 26.0 Å². The third-order valence-electron chi connectivity index (χ3n) is 2.55. The Morgan fingerprint density at radius 2 is 1.74 bits per heavy atom. The number of anilines is 3. The Hall–Kier alpha value is -1.76. The summed E-state index contributed by atoms with van der Waals surface area (Å²) in [4.78, 5) is 8.05. The number of nitrogens with one attached hydrogen (secondary N) is 1. The van der Waals surface area contributed by atoms with Crippen molar-refractivity contribution >= 4 is 33.3 Å². The summed E-state index contributed by atoms with van der Waals surface area (Å²) < 4.78 is 27.8. The van der Waals surface area contributed by atoms with Crippen LogP contribution in [0.2, 0.25) is 0 Å². The van der Waals surface area contributed by atoms with Gasteiger partial charge in [0.25, 0.3) is 0 Å². The molecule has 0 bridgehead atoms. The SMILES string of the molecule is Cc1nc(N)c(C)c(Nc2c(F)cc(Br)cc2F)n1. The van der Waals surface area contributed by atoms with E-state index in [1.54, 1.807) is 13.8 Å². The zero-order chi connectivity index (χ0) is 14.2. The molecular weight excluding hydrogens is 318 g/mol. The number of aromatic nitrogens is 2. The van der Waals surface area contributed by atoms with Crippen molar-refractivity contribution in [3.05, 3.63) is 39.6 Å². The number of nitrogens with zero attached hydrogens (tertiary/aromatic N) is 2. The Balaban J connectivity index is 2.48. The van der Waals surface area contributed by atoms with E-state index in [1.165, 1.54) is 0 Å². The number of nitrogen functional groups attached to an aromatic ring is 1. The summed E-state index contributed by atoms with van der Waals surface area (Å²) in [5.74, 6) is -0.469. The number of halogens is 3.